The molecule has 25 heavy (non-hydrogen) atoms. The zero-order chi connectivity index (χ0) is 18.4. The van der Waals surface area contributed by atoms with Crippen LogP contribution in [0.25, 0.3) is 0 Å². The van der Waals surface area contributed by atoms with Crippen molar-refractivity contribution in [1.29, 1.82) is 0 Å². The van der Waals surface area contributed by atoms with E-state index < -0.39 is 9.84 Å². The molecule has 134 valence electrons. The lowest BCUT2D eigenvalue weighted by molar-refractivity contribution is -0.116. The van der Waals surface area contributed by atoms with Crippen LogP contribution in [0.15, 0.2) is 47.4 Å². The number of rotatable bonds is 7. The van der Waals surface area contributed by atoms with E-state index in [9.17, 15) is 13.2 Å². The second-order valence-electron chi connectivity index (χ2n) is 6.12. The van der Waals surface area contributed by atoms with Crippen LogP contribution in [0, 0.1) is 13.8 Å². The van der Waals surface area contributed by atoms with Gasteiger partial charge in [0.05, 0.1) is 11.5 Å². The number of carbonyl (C=O) groups excluding carboxylic acids is 1. The third-order valence-corrected chi connectivity index (χ3v) is 4.70. The van der Waals surface area contributed by atoms with Gasteiger partial charge in [-0.3, -0.25) is 4.79 Å². The van der Waals surface area contributed by atoms with Gasteiger partial charge in [0.2, 0.25) is 5.91 Å². The predicted octanol–water partition coefficient (Wildman–Crippen LogP) is 3.50. The van der Waals surface area contributed by atoms with Crippen LogP contribution < -0.4 is 10.1 Å². The van der Waals surface area contributed by atoms with E-state index in [2.05, 4.69) is 11.4 Å². The highest BCUT2D eigenvalue weighted by Crippen LogP contribution is 2.17. The molecule has 0 saturated carbocycles. The highest BCUT2D eigenvalue weighted by atomic mass is 32.2. The van der Waals surface area contributed by atoms with Crippen LogP contribution in [0.1, 0.15) is 24.0 Å². The number of hydrogen-bond donors (Lipinski definition) is 1. The third-order valence-electron chi connectivity index (χ3n) is 3.57. The molecule has 0 aliphatic carbocycles. The Bertz CT molecular complexity index is 822. The minimum atomic E-state index is -3.20. The summed E-state index contributed by atoms with van der Waals surface area (Å²) in [6.07, 6.45) is 2.09. The summed E-state index contributed by atoms with van der Waals surface area (Å²) in [6.45, 7) is 4.37. The zero-order valence-corrected chi connectivity index (χ0v) is 15.5. The van der Waals surface area contributed by atoms with Crippen molar-refractivity contribution in [2.24, 2.45) is 0 Å². The maximum absolute atomic E-state index is 12.0. The molecule has 0 saturated heterocycles. The molecular weight excluding hydrogens is 338 g/mol. The Morgan fingerprint density at radius 1 is 1.04 bits per heavy atom. The molecular formula is C19H23NO4S. The first-order chi connectivity index (χ1) is 11.7. The van der Waals surface area contributed by atoms with Crippen molar-refractivity contribution in [3.05, 3.63) is 53.6 Å². The molecule has 2 aromatic carbocycles. The molecule has 0 aliphatic rings. The molecule has 0 bridgehead atoms. The van der Waals surface area contributed by atoms with Gasteiger partial charge in [-0.25, -0.2) is 8.42 Å². The van der Waals surface area contributed by atoms with E-state index in [1.165, 1.54) is 12.1 Å². The van der Waals surface area contributed by atoms with Crippen molar-refractivity contribution in [3.8, 4) is 5.75 Å². The van der Waals surface area contributed by atoms with Gasteiger partial charge in [-0.1, -0.05) is 6.07 Å². The lowest BCUT2D eigenvalue weighted by Crippen LogP contribution is -2.13. The Morgan fingerprint density at radius 3 is 2.20 bits per heavy atom. The normalized spacial score (nSPS) is 11.2. The van der Waals surface area contributed by atoms with Gasteiger partial charge < -0.3 is 10.1 Å². The Kier molecular flexibility index (Phi) is 6.20. The van der Waals surface area contributed by atoms with E-state index in [0.717, 1.165) is 23.1 Å². The maximum atomic E-state index is 12.0. The Morgan fingerprint density at radius 2 is 1.64 bits per heavy atom. The molecule has 0 heterocycles. The van der Waals surface area contributed by atoms with E-state index in [-0.39, 0.29) is 10.8 Å². The smallest absolute Gasteiger partial charge is 0.224 e. The molecule has 1 N–H and O–H groups in total. The fourth-order valence-electron chi connectivity index (χ4n) is 2.48. The topological polar surface area (TPSA) is 72.5 Å². The molecule has 1 amide bonds. The fraction of sp³-hybridized carbons (Fsp3) is 0.316. The van der Waals surface area contributed by atoms with Crippen LogP contribution in [-0.4, -0.2) is 27.2 Å². The van der Waals surface area contributed by atoms with Gasteiger partial charge >= 0.3 is 0 Å². The molecule has 0 unspecified atom stereocenters. The molecule has 6 heteroatoms. The van der Waals surface area contributed by atoms with Crippen LogP contribution in [0.3, 0.4) is 0 Å². The molecule has 0 spiro atoms. The SMILES string of the molecule is Cc1cc(C)cc(NC(=O)CCCOc2ccc(S(C)(=O)=O)cc2)c1. The van der Waals surface area contributed by atoms with E-state index in [1.54, 1.807) is 12.1 Å². The van der Waals surface area contributed by atoms with Crippen molar-refractivity contribution in [1.82, 2.24) is 0 Å². The van der Waals surface area contributed by atoms with Crippen LogP contribution in [0.5, 0.6) is 5.75 Å². The maximum Gasteiger partial charge on any atom is 0.224 e. The molecule has 0 aliphatic heterocycles. The third kappa shape index (κ3) is 6.23. The second kappa shape index (κ2) is 8.16. The number of benzene rings is 2. The number of carbonyl (C=O) groups is 1. The Hall–Kier alpha value is -2.34. The van der Waals surface area contributed by atoms with Crippen LogP contribution in [0.4, 0.5) is 5.69 Å². The fourth-order valence-corrected chi connectivity index (χ4v) is 3.11. The first-order valence-corrected chi connectivity index (χ1v) is 9.94. The number of amides is 1. The van der Waals surface area contributed by atoms with E-state index in [4.69, 9.17) is 4.74 Å². The van der Waals surface area contributed by atoms with Gasteiger partial charge in [-0.2, -0.15) is 0 Å². The summed E-state index contributed by atoms with van der Waals surface area (Å²) in [5.41, 5.74) is 3.02. The minimum Gasteiger partial charge on any atom is -0.494 e. The lowest BCUT2D eigenvalue weighted by atomic mass is 10.1. The first kappa shape index (κ1) is 19.0. The molecule has 2 aromatic rings. The van der Waals surface area contributed by atoms with Crippen LogP contribution in [0.2, 0.25) is 0 Å². The van der Waals surface area contributed by atoms with Crippen LogP contribution in [-0.2, 0) is 14.6 Å². The molecule has 0 radical (unpaired) electrons. The zero-order valence-electron chi connectivity index (χ0n) is 14.7. The van der Waals surface area contributed by atoms with Crippen LogP contribution >= 0.6 is 0 Å². The molecule has 5 nitrogen and oxygen atoms in total. The van der Waals surface area contributed by atoms with Crippen molar-refractivity contribution in [2.45, 2.75) is 31.6 Å². The standard InChI is InChI=1S/C19H23NO4S/c1-14-11-15(2)13-16(12-14)20-19(21)5-4-10-24-17-6-8-18(9-7-17)25(3,22)23/h6-9,11-13H,4-5,10H2,1-3H3,(H,20,21). The quantitative estimate of drug-likeness (QED) is 0.766. The highest BCUT2D eigenvalue weighted by Gasteiger charge is 2.07. The number of ether oxygens (including phenoxy) is 1. The largest absolute Gasteiger partial charge is 0.494 e. The van der Waals surface area contributed by atoms with Gasteiger partial charge in [0.1, 0.15) is 5.75 Å². The number of nitrogens with one attached hydrogen (secondary N) is 1. The predicted molar refractivity (Wildman–Crippen MR) is 98.8 cm³/mol. The Balaban J connectivity index is 1.76. The van der Waals surface area contributed by atoms with Gasteiger partial charge in [-0.05, 0) is 67.8 Å². The van der Waals surface area contributed by atoms with Crippen molar-refractivity contribution in [2.75, 3.05) is 18.2 Å². The second-order valence-corrected chi connectivity index (χ2v) is 8.14. The van der Waals surface area contributed by atoms with E-state index >= 15 is 0 Å². The number of anilines is 1. The molecule has 0 atom stereocenters. The monoisotopic (exact) mass is 361 g/mol. The van der Waals surface area contributed by atoms with E-state index in [0.29, 0.717) is 25.2 Å². The summed E-state index contributed by atoms with van der Waals surface area (Å²) >= 11 is 0. The van der Waals surface area contributed by atoms with E-state index in [1.807, 2.05) is 26.0 Å². The summed E-state index contributed by atoms with van der Waals surface area (Å²) in [7, 11) is -3.20. The van der Waals surface area contributed by atoms with Gasteiger partial charge in [0, 0.05) is 18.4 Å². The van der Waals surface area contributed by atoms with Crippen molar-refractivity contribution >= 4 is 21.4 Å². The number of hydrogen-bond acceptors (Lipinski definition) is 4. The number of sulfone groups is 1. The van der Waals surface area contributed by atoms with Crippen molar-refractivity contribution < 1.29 is 17.9 Å². The number of aryl methyl sites for hydroxylation is 2. The minimum absolute atomic E-state index is 0.0546. The van der Waals surface area contributed by atoms with Gasteiger partial charge in [0.15, 0.2) is 9.84 Å². The summed E-state index contributed by atoms with van der Waals surface area (Å²) < 4.78 is 28.3. The average Bonchev–Trinajstić information content (AvgIpc) is 2.50. The lowest BCUT2D eigenvalue weighted by Gasteiger charge is -2.09. The Labute approximate surface area is 148 Å². The molecule has 0 fully saturated rings. The van der Waals surface area contributed by atoms with Gasteiger partial charge in [0.25, 0.3) is 0 Å². The first-order valence-electron chi connectivity index (χ1n) is 8.05. The summed E-state index contributed by atoms with van der Waals surface area (Å²) in [4.78, 5) is 12.2. The summed E-state index contributed by atoms with van der Waals surface area (Å²) in [5.74, 6) is 0.531. The average molecular weight is 361 g/mol. The van der Waals surface area contributed by atoms with Gasteiger partial charge in [-0.15, -0.1) is 0 Å². The summed E-state index contributed by atoms with van der Waals surface area (Å²) in [6, 6.07) is 12.2. The van der Waals surface area contributed by atoms with Crippen molar-refractivity contribution in [3.63, 3.8) is 0 Å². The highest BCUT2D eigenvalue weighted by molar-refractivity contribution is 7.90. The molecule has 2 rings (SSSR count). The molecule has 0 aromatic heterocycles. The summed E-state index contributed by atoms with van der Waals surface area (Å²) in [5, 5.41) is 2.89.